The van der Waals surface area contributed by atoms with E-state index in [1.54, 1.807) is 0 Å². The molecule has 0 atom stereocenters. The normalized spacial score (nSPS) is 16.6. The first-order chi connectivity index (χ1) is 6.20. The summed E-state index contributed by atoms with van der Waals surface area (Å²) < 4.78 is 0. The Labute approximate surface area is 81.2 Å². The van der Waals surface area contributed by atoms with E-state index in [1.165, 1.54) is 11.3 Å². The topological polar surface area (TPSA) is 12.0 Å². The van der Waals surface area contributed by atoms with E-state index < -0.39 is 0 Å². The molecule has 0 spiro atoms. The van der Waals surface area contributed by atoms with Crippen LogP contribution in [0.2, 0.25) is 0 Å². The summed E-state index contributed by atoms with van der Waals surface area (Å²) >= 11 is 0. The van der Waals surface area contributed by atoms with Crippen molar-refractivity contribution < 1.29 is 0 Å². The van der Waals surface area contributed by atoms with Gasteiger partial charge in [-0.3, -0.25) is 0 Å². The van der Waals surface area contributed by atoms with Gasteiger partial charge in [-0.1, -0.05) is 45.9 Å². The number of hydrogen-bond donors (Lipinski definition) is 1. The van der Waals surface area contributed by atoms with Crippen LogP contribution in [0.25, 0.3) is 0 Å². The van der Waals surface area contributed by atoms with Crippen LogP contribution in [-0.4, -0.2) is 6.54 Å². The Kier molecular flexibility index (Phi) is 2.97. The Morgan fingerprint density at radius 1 is 1.15 bits per heavy atom. The van der Waals surface area contributed by atoms with Crippen LogP contribution >= 0.6 is 0 Å². The molecule has 0 saturated carbocycles. The smallest absolute Gasteiger partial charge is 0.0379 e. The summed E-state index contributed by atoms with van der Waals surface area (Å²) in [5, 5.41) is 3.39. The fourth-order valence-electron chi connectivity index (χ4n) is 1.64. The van der Waals surface area contributed by atoms with E-state index in [0.29, 0.717) is 5.41 Å². The van der Waals surface area contributed by atoms with Crippen molar-refractivity contribution in [1.29, 1.82) is 0 Å². The van der Waals surface area contributed by atoms with Gasteiger partial charge < -0.3 is 5.32 Å². The predicted octanol–water partition coefficient (Wildman–Crippen LogP) is 3.42. The van der Waals surface area contributed by atoms with Crippen LogP contribution in [-0.2, 0) is 5.41 Å². The van der Waals surface area contributed by atoms with E-state index >= 15 is 0 Å². The molecule has 0 aromatic heterocycles. The average Bonchev–Trinajstić information content (AvgIpc) is 2.47. The SMILES string of the molecule is CC.CC1(C)CNc2ccccc21. The molecule has 1 aromatic rings. The highest BCUT2D eigenvalue weighted by Gasteiger charge is 2.28. The minimum atomic E-state index is 0.316. The molecule has 2 rings (SSSR count). The van der Waals surface area contributed by atoms with Crippen LogP contribution in [0.3, 0.4) is 0 Å². The van der Waals surface area contributed by atoms with Gasteiger partial charge >= 0.3 is 0 Å². The van der Waals surface area contributed by atoms with Crippen molar-refractivity contribution in [3.8, 4) is 0 Å². The van der Waals surface area contributed by atoms with Crippen molar-refractivity contribution in [3.05, 3.63) is 29.8 Å². The summed E-state index contributed by atoms with van der Waals surface area (Å²) in [6.07, 6.45) is 0. The second-order valence-corrected chi connectivity index (χ2v) is 3.78. The molecule has 0 radical (unpaired) electrons. The van der Waals surface area contributed by atoms with Gasteiger partial charge in [0.25, 0.3) is 0 Å². The molecule has 72 valence electrons. The summed E-state index contributed by atoms with van der Waals surface area (Å²) in [5.74, 6) is 0. The van der Waals surface area contributed by atoms with Gasteiger partial charge in [-0.05, 0) is 11.6 Å². The van der Waals surface area contributed by atoms with Crippen LogP contribution in [0.15, 0.2) is 24.3 Å². The summed E-state index contributed by atoms with van der Waals surface area (Å²) in [7, 11) is 0. The quantitative estimate of drug-likeness (QED) is 0.640. The lowest BCUT2D eigenvalue weighted by atomic mass is 9.87. The monoisotopic (exact) mass is 177 g/mol. The van der Waals surface area contributed by atoms with Crippen molar-refractivity contribution in [3.63, 3.8) is 0 Å². The Morgan fingerprint density at radius 2 is 1.77 bits per heavy atom. The van der Waals surface area contributed by atoms with Gasteiger partial charge in [-0.2, -0.15) is 0 Å². The molecule has 1 nitrogen and oxygen atoms in total. The molecule has 0 bridgehead atoms. The summed E-state index contributed by atoms with van der Waals surface area (Å²) in [6, 6.07) is 8.53. The third kappa shape index (κ3) is 1.85. The van der Waals surface area contributed by atoms with Gasteiger partial charge in [0, 0.05) is 17.6 Å². The molecule has 0 amide bonds. The zero-order valence-corrected chi connectivity index (χ0v) is 9.02. The number of anilines is 1. The van der Waals surface area contributed by atoms with E-state index in [1.807, 2.05) is 13.8 Å². The first-order valence-electron chi connectivity index (χ1n) is 5.03. The van der Waals surface area contributed by atoms with Gasteiger partial charge in [-0.15, -0.1) is 0 Å². The largest absolute Gasteiger partial charge is 0.384 e. The van der Waals surface area contributed by atoms with Gasteiger partial charge in [0.1, 0.15) is 0 Å². The van der Waals surface area contributed by atoms with Crippen molar-refractivity contribution >= 4 is 5.69 Å². The number of nitrogens with one attached hydrogen (secondary N) is 1. The van der Waals surface area contributed by atoms with Crippen LogP contribution in [0, 0.1) is 0 Å². The lowest BCUT2D eigenvalue weighted by Gasteiger charge is -2.16. The highest BCUT2D eigenvalue weighted by Crippen LogP contribution is 2.35. The maximum absolute atomic E-state index is 3.39. The van der Waals surface area contributed by atoms with Crippen molar-refractivity contribution in [2.75, 3.05) is 11.9 Å². The standard InChI is InChI=1S/C10H13N.C2H6/c1-10(2)7-11-9-6-4-3-5-8(9)10;1-2/h3-6,11H,7H2,1-2H3;1-2H3. The van der Waals surface area contributed by atoms with Crippen LogP contribution < -0.4 is 5.32 Å². The van der Waals surface area contributed by atoms with E-state index in [9.17, 15) is 0 Å². The summed E-state index contributed by atoms with van der Waals surface area (Å²) in [4.78, 5) is 0. The molecule has 13 heavy (non-hydrogen) atoms. The predicted molar refractivity (Wildman–Crippen MR) is 59.3 cm³/mol. The minimum absolute atomic E-state index is 0.316. The van der Waals surface area contributed by atoms with Gasteiger partial charge in [0.15, 0.2) is 0 Å². The second-order valence-electron chi connectivity index (χ2n) is 3.78. The Hall–Kier alpha value is -0.980. The molecule has 1 aromatic carbocycles. The fraction of sp³-hybridized carbons (Fsp3) is 0.500. The fourth-order valence-corrected chi connectivity index (χ4v) is 1.64. The van der Waals surface area contributed by atoms with Crippen LogP contribution in [0.5, 0.6) is 0 Å². The second kappa shape index (κ2) is 3.82. The first-order valence-corrected chi connectivity index (χ1v) is 5.03. The lowest BCUT2D eigenvalue weighted by Crippen LogP contribution is -2.18. The first kappa shape index (κ1) is 10.1. The van der Waals surface area contributed by atoms with Crippen molar-refractivity contribution in [2.24, 2.45) is 0 Å². The zero-order chi connectivity index (χ0) is 9.90. The molecule has 1 heterocycles. The third-order valence-corrected chi connectivity index (χ3v) is 2.38. The maximum Gasteiger partial charge on any atom is 0.0379 e. The Bertz CT molecular complexity index is 276. The molecule has 0 fully saturated rings. The molecule has 0 saturated heterocycles. The van der Waals surface area contributed by atoms with Crippen molar-refractivity contribution in [2.45, 2.75) is 33.1 Å². The van der Waals surface area contributed by atoms with Gasteiger partial charge in [0.05, 0.1) is 0 Å². The zero-order valence-electron chi connectivity index (χ0n) is 9.02. The van der Waals surface area contributed by atoms with Crippen molar-refractivity contribution in [1.82, 2.24) is 0 Å². The van der Waals surface area contributed by atoms with Crippen LogP contribution in [0.1, 0.15) is 33.3 Å². The molecule has 0 unspecified atom stereocenters. The van der Waals surface area contributed by atoms with E-state index in [-0.39, 0.29) is 0 Å². The summed E-state index contributed by atoms with van der Waals surface area (Å²) in [5.41, 5.74) is 3.06. The highest BCUT2D eigenvalue weighted by molar-refractivity contribution is 5.59. The Morgan fingerprint density at radius 3 is 2.38 bits per heavy atom. The Balaban J connectivity index is 0.000000396. The average molecular weight is 177 g/mol. The minimum Gasteiger partial charge on any atom is -0.384 e. The number of fused-ring (bicyclic) bond motifs is 1. The summed E-state index contributed by atoms with van der Waals surface area (Å²) in [6.45, 7) is 9.60. The van der Waals surface area contributed by atoms with E-state index in [2.05, 4.69) is 43.4 Å². The van der Waals surface area contributed by atoms with Gasteiger partial charge in [-0.25, -0.2) is 0 Å². The number of rotatable bonds is 0. The third-order valence-electron chi connectivity index (χ3n) is 2.38. The highest BCUT2D eigenvalue weighted by atomic mass is 14.9. The lowest BCUT2D eigenvalue weighted by molar-refractivity contribution is 0.586. The molecule has 1 heteroatoms. The molecular formula is C12H19N. The number of para-hydroxylation sites is 1. The molecule has 1 N–H and O–H groups in total. The number of hydrogen-bond acceptors (Lipinski definition) is 1. The maximum atomic E-state index is 3.39. The number of benzene rings is 1. The van der Waals surface area contributed by atoms with Gasteiger partial charge in [0.2, 0.25) is 0 Å². The molecule has 1 aliphatic heterocycles. The van der Waals surface area contributed by atoms with E-state index in [0.717, 1.165) is 6.54 Å². The molecule has 1 aliphatic rings. The molecule has 0 aliphatic carbocycles. The molecular weight excluding hydrogens is 158 g/mol. The van der Waals surface area contributed by atoms with Crippen LogP contribution in [0.4, 0.5) is 5.69 Å². The van der Waals surface area contributed by atoms with E-state index in [4.69, 9.17) is 0 Å².